The third-order valence-electron chi connectivity index (χ3n) is 6.48. The van der Waals surface area contributed by atoms with Crippen molar-refractivity contribution in [2.24, 2.45) is 4.99 Å². The van der Waals surface area contributed by atoms with Gasteiger partial charge in [0.05, 0.1) is 40.5 Å². The summed E-state index contributed by atoms with van der Waals surface area (Å²) in [4.78, 5) is 42.6. The second-order valence-electron chi connectivity index (χ2n) is 9.28. The van der Waals surface area contributed by atoms with Gasteiger partial charge in [0.25, 0.3) is 11.2 Å². The van der Waals surface area contributed by atoms with Crippen LogP contribution in [0.5, 0.6) is 11.5 Å². The van der Waals surface area contributed by atoms with Crippen molar-refractivity contribution in [2.75, 3.05) is 20.3 Å². The number of esters is 1. The Morgan fingerprint density at radius 1 is 1.20 bits per heavy atom. The molecule has 3 aromatic rings. The molecule has 10 nitrogen and oxygen atoms in total. The smallest absolute Gasteiger partial charge is 0.338 e. The predicted molar refractivity (Wildman–Crippen MR) is 156 cm³/mol. The topological polar surface area (TPSA) is 122 Å². The van der Waals surface area contributed by atoms with E-state index in [2.05, 4.69) is 18.5 Å². The number of benzene rings is 2. The van der Waals surface area contributed by atoms with Gasteiger partial charge in [0.2, 0.25) is 0 Å². The van der Waals surface area contributed by atoms with Gasteiger partial charge in [-0.3, -0.25) is 19.5 Å². The van der Waals surface area contributed by atoms with E-state index in [0.717, 1.165) is 19.3 Å². The van der Waals surface area contributed by atoms with Crippen molar-refractivity contribution in [2.45, 2.75) is 39.2 Å². The number of aromatic nitrogens is 1. The first-order valence-corrected chi connectivity index (χ1v) is 14.0. The highest BCUT2D eigenvalue weighted by Gasteiger charge is 2.34. The quantitative estimate of drug-likeness (QED) is 0.102. The lowest BCUT2D eigenvalue weighted by atomic mass is 9.95. The fourth-order valence-corrected chi connectivity index (χ4v) is 5.51. The van der Waals surface area contributed by atoms with Gasteiger partial charge >= 0.3 is 5.97 Å². The lowest BCUT2D eigenvalue weighted by Crippen LogP contribution is -2.40. The molecule has 0 amide bonds. The number of rotatable bonds is 12. The van der Waals surface area contributed by atoms with Crippen LogP contribution in [0.2, 0.25) is 0 Å². The normalized spacial score (nSPS) is 14.7. The zero-order valence-electron chi connectivity index (χ0n) is 23.1. The molecule has 1 atom stereocenters. The van der Waals surface area contributed by atoms with Crippen LogP contribution in [-0.2, 0) is 9.53 Å². The molecule has 0 aliphatic carbocycles. The lowest BCUT2D eigenvalue weighted by Gasteiger charge is -2.25. The minimum Gasteiger partial charge on any atom is -0.493 e. The number of unbranched alkanes of at least 4 members (excludes halogenated alkanes) is 2. The van der Waals surface area contributed by atoms with E-state index in [-0.39, 0.29) is 23.4 Å². The van der Waals surface area contributed by atoms with E-state index < -0.39 is 16.9 Å². The van der Waals surface area contributed by atoms with Crippen molar-refractivity contribution in [3.63, 3.8) is 0 Å². The minimum absolute atomic E-state index is 0.000751. The van der Waals surface area contributed by atoms with E-state index in [1.165, 1.54) is 41.2 Å². The fraction of sp³-hybridized carbons (Fsp3) is 0.300. The summed E-state index contributed by atoms with van der Waals surface area (Å²) >= 11 is 1.17. The molecule has 0 saturated carbocycles. The first kappa shape index (κ1) is 29.5. The van der Waals surface area contributed by atoms with Crippen molar-refractivity contribution in [1.82, 2.24) is 4.57 Å². The van der Waals surface area contributed by atoms with Crippen molar-refractivity contribution in [3.8, 4) is 11.5 Å². The zero-order chi connectivity index (χ0) is 29.5. The van der Waals surface area contributed by atoms with Gasteiger partial charge in [-0.2, -0.15) is 0 Å². The first-order chi connectivity index (χ1) is 19.8. The van der Waals surface area contributed by atoms with Crippen molar-refractivity contribution in [3.05, 3.63) is 107 Å². The molecule has 11 heteroatoms. The van der Waals surface area contributed by atoms with Gasteiger partial charge in [-0.05, 0) is 54.8 Å². The molecule has 0 fully saturated rings. The number of allylic oxidation sites excluding steroid dienone is 1. The maximum absolute atomic E-state index is 13.8. The van der Waals surface area contributed by atoms with Crippen LogP contribution in [0.4, 0.5) is 5.69 Å². The van der Waals surface area contributed by atoms with Gasteiger partial charge in [-0.1, -0.05) is 49.8 Å². The largest absolute Gasteiger partial charge is 0.493 e. The molecular weight excluding hydrogens is 546 g/mol. The van der Waals surface area contributed by atoms with Crippen LogP contribution in [0.25, 0.3) is 6.08 Å². The van der Waals surface area contributed by atoms with Crippen LogP contribution in [0, 0.1) is 10.1 Å². The summed E-state index contributed by atoms with van der Waals surface area (Å²) in [5.41, 5.74) is 1.47. The van der Waals surface area contributed by atoms with Crippen LogP contribution < -0.4 is 24.4 Å². The molecule has 4 rings (SSSR count). The molecule has 214 valence electrons. The number of non-ortho nitro benzene ring substituents is 1. The molecule has 1 aliphatic heterocycles. The molecule has 1 aromatic heterocycles. The van der Waals surface area contributed by atoms with Gasteiger partial charge in [-0.15, -0.1) is 0 Å². The summed E-state index contributed by atoms with van der Waals surface area (Å²) < 4.78 is 18.8. The van der Waals surface area contributed by atoms with E-state index in [1.54, 1.807) is 43.3 Å². The highest BCUT2D eigenvalue weighted by molar-refractivity contribution is 7.07. The molecule has 0 N–H and O–H groups in total. The number of fused-ring (bicyclic) bond motifs is 1. The van der Waals surface area contributed by atoms with Crippen molar-refractivity contribution >= 4 is 29.1 Å². The first-order valence-electron chi connectivity index (χ1n) is 13.1. The Bertz CT molecular complexity index is 1670. The number of carbonyl (C=O) groups excluding carboxylic acids is 1. The maximum Gasteiger partial charge on any atom is 0.338 e. The Kier molecular flexibility index (Phi) is 9.51. The number of nitro benzene ring substituents is 1. The molecule has 0 bridgehead atoms. The molecule has 0 saturated heterocycles. The average molecular weight is 578 g/mol. The number of nitrogens with zero attached hydrogens (tertiary/aromatic N) is 3. The Labute approximate surface area is 240 Å². The second kappa shape index (κ2) is 13.2. The Balaban J connectivity index is 1.84. The summed E-state index contributed by atoms with van der Waals surface area (Å²) in [5.74, 6) is 0.426. The third-order valence-corrected chi connectivity index (χ3v) is 7.47. The number of nitro groups is 1. The molecule has 1 aliphatic rings. The fourth-order valence-electron chi connectivity index (χ4n) is 4.46. The number of hydrogen-bond donors (Lipinski definition) is 0. The number of thiazole rings is 1. The van der Waals surface area contributed by atoms with Crippen LogP contribution >= 0.6 is 11.3 Å². The summed E-state index contributed by atoms with van der Waals surface area (Å²) in [5, 5.41) is 11.0. The summed E-state index contributed by atoms with van der Waals surface area (Å²) in [6, 6.07) is 10.4. The molecule has 41 heavy (non-hydrogen) atoms. The number of carbonyl (C=O) groups is 1. The van der Waals surface area contributed by atoms with E-state index in [4.69, 9.17) is 14.2 Å². The third kappa shape index (κ3) is 6.46. The highest BCUT2D eigenvalue weighted by atomic mass is 32.1. The van der Waals surface area contributed by atoms with Gasteiger partial charge in [0.1, 0.15) is 6.61 Å². The van der Waals surface area contributed by atoms with Crippen molar-refractivity contribution in [1.29, 1.82) is 0 Å². The van der Waals surface area contributed by atoms with Gasteiger partial charge < -0.3 is 14.2 Å². The molecule has 0 spiro atoms. The molecular formula is C30H31N3O7S. The Morgan fingerprint density at radius 2 is 1.95 bits per heavy atom. The molecule has 2 heterocycles. The predicted octanol–water partition coefficient (Wildman–Crippen LogP) is 4.45. The summed E-state index contributed by atoms with van der Waals surface area (Å²) in [6.45, 7) is 7.97. The standard InChI is InChI=1S/C30H31N3O7S/c1-5-7-8-16-39-23-14-11-21(18-24(23)38-4)27-26(29(35)40-15-6-2)19(3)31-30-32(27)28(34)25(41-30)17-20-9-12-22(13-10-20)33(36)37/h6,9-14,17-18,27H,2,5,7-8,15-16H2,1,3-4H3. The van der Waals surface area contributed by atoms with Gasteiger partial charge in [0.15, 0.2) is 16.3 Å². The zero-order valence-corrected chi connectivity index (χ0v) is 23.9. The number of hydrogen-bond acceptors (Lipinski definition) is 9. The lowest BCUT2D eigenvalue weighted by molar-refractivity contribution is -0.384. The molecule has 1 unspecified atom stereocenters. The van der Waals surface area contributed by atoms with Crippen LogP contribution in [0.1, 0.15) is 50.3 Å². The second-order valence-corrected chi connectivity index (χ2v) is 10.3. The average Bonchev–Trinajstić information content (AvgIpc) is 3.27. The summed E-state index contributed by atoms with van der Waals surface area (Å²) in [7, 11) is 1.54. The number of methoxy groups -OCH3 is 1. The van der Waals surface area contributed by atoms with E-state index >= 15 is 0 Å². The Hall–Kier alpha value is -4.51. The van der Waals surface area contributed by atoms with Crippen LogP contribution in [-0.4, -0.2) is 35.8 Å². The SMILES string of the molecule is C=CCOC(=O)C1=C(C)N=c2sc(=Cc3ccc([N+](=O)[O-])cc3)c(=O)n2C1c1ccc(OCCCCC)c(OC)c1. The van der Waals surface area contributed by atoms with E-state index in [1.807, 2.05) is 0 Å². The molecule has 2 aromatic carbocycles. The van der Waals surface area contributed by atoms with Crippen LogP contribution in [0.3, 0.4) is 0 Å². The van der Waals surface area contributed by atoms with Crippen molar-refractivity contribution < 1.29 is 23.9 Å². The van der Waals surface area contributed by atoms with Gasteiger partial charge in [-0.25, -0.2) is 9.79 Å². The summed E-state index contributed by atoms with van der Waals surface area (Å²) in [6.07, 6.45) is 6.15. The van der Waals surface area contributed by atoms with Gasteiger partial charge in [0, 0.05) is 12.1 Å². The van der Waals surface area contributed by atoms with E-state index in [9.17, 15) is 19.7 Å². The monoisotopic (exact) mass is 577 g/mol. The van der Waals surface area contributed by atoms with E-state index in [0.29, 0.717) is 44.3 Å². The number of ether oxygens (including phenoxy) is 3. The maximum atomic E-state index is 13.8. The van der Waals surface area contributed by atoms with Crippen LogP contribution in [0.15, 0.2) is 76.2 Å². The molecule has 0 radical (unpaired) electrons. The highest BCUT2D eigenvalue weighted by Crippen LogP contribution is 2.36. The Morgan fingerprint density at radius 3 is 2.61 bits per heavy atom. The minimum atomic E-state index is -0.842.